The van der Waals surface area contributed by atoms with E-state index in [1.165, 1.54) is 6.42 Å². The third kappa shape index (κ3) is 2.74. The van der Waals surface area contributed by atoms with Crippen LogP contribution in [0.5, 0.6) is 0 Å². The second kappa shape index (κ2) is 5.36. The number of benzene rings is 1. The van der Waals surface area contributed by atoms with Gasteiger partial charge in [-0.1, -0.05) is 37.0 Å². The zero-order valence-electron chi connectivity index (χ0n) is 12.2. The van der Waals surface area contributed by atoms with Crippen LogP contribution in [0.2, 0.25) is 10.0 Å². The third-order valence-electron chi connectivity index (χ3n) is 5.22. The van der Waals surface area contributed by atoms with Gasteiger partial charge >= 0.3 is 6.09 Å². The zero-order chi connectivity index (χ0) is 15.2. The van der Waals surface area contributed by atoms with Crippen LogP contribution in [0.15, 0.2) is 18.2 Å². The molecular weight excluding hydrogens is 309 g/mol. The van der Waals surface area contributed by atoms with Gasteiger partial charge in [0.25, 0.3) is 0 Å². The molecule has 0 aliphatic heterocycles. The summed E-state index contributed by atoms with van der Waals surface area (Å²) in [4.78, 5) is 12.0. The van der Waals surface area contributed by atoms with E-state index < -0.39 is 6.09 Å². The zero-order valence-corrected chi connectivity index (χ0v) is 13.7. The summed E-state index contributed by atoms with van der Waals surface area (Å²) in [5.74, 6) is 1.15. The van der Waals surface area contributed by atoms with E-state index in [1.807, 2.05) is 0 Å². The van der Waals surface area contributed by atoms with Gasteiger partial charge < -0.3 is 4.74 Å². The van der Waals surface area contributed by atoms with E-state index in [2.05, 4.69) is 19.2 Å². The van der Waals surface area contributed by atoms with Crippen molar-refractivity contribution in [1.29, 1.82) is 0 Å². The van der Waals surface area contributed by atoms with Crippen LogP contribution in [0.3, 0.4) is 0 Å². The Hall–Kier alpha value is -0.930. The highest BCUT2D eigenvalue weighted by Gasteiger charge is 2.54. The minimum Gasteiger partial charge on any atom is -0.446 e. The smallest absolute Gasteiger partial charge is 0.411 e. The summed E-state index contributed by atoms with van der Waals surface area (Å²) in [6, 6.07) is 4.98. The van der Waals surface area contributed by atoms with Gasteiger partial charge in [0.15, 0.2) is 0 Å². The maximum absolute atomic E-state index is 12.0. The van der Waals surface area contributed by atoms with Crippen molar-refractivity contribution in [3.05, 3.63) is 28.2 Å². The molecule has 2 aliphatic rings. The van der Waals surface area contributed by atoms with E-state index in [1.54, 1.807) is 18.2 Å². The van der Waals surface area contributed by atoms with Crippen LogP contribution in [0.25, 0.3) is 0 Å². The second-order valence-corrected chi connectivity index (χ2v) is 7.45. The van der Waals surface area contributed by atoms with Gasteiger partial charge in [-0.3, -0.25) is 5.32 Å². The minimum atomic E-state index is -0.415. The Morgan fingerprint density at radius 1 is 1.29 bits per heavy atom. The summed E-state index contributed by atoms with van der Waals surface area (Å²) in [6.45, 7) is 4.57. The molecule has 1 N–H and O–H groups in total. The number of rotatable bonds is 2. The van der Waals surface area contributed by atoms with Crippen molar-refractivity contribution in [2.45, 2.75) is 39.2 Å². The van der Waals surface area contributed by atoms with Crippen molar-refractivity contribution in [1.82, 2.24) is 0 Å². The van der Waals surface area contributed by atoms with Crippen molar-refractivity contribution in [2.24, 2.45) is 17.3 Å². The number of ether oxygens (including phenoxy) is 1. The fraction of sp³-hybridized carbons (Fsp3) is 0.562. The molecule has 1 amide bonds. The maximum atomic E-state index is 12.0. The summed E-state index contributed by atoms with van der Waals surface area (Å²) in [6.07, 6.45) is 3.00. The van der Waals surface area contributed by atoms with Gasteiger partial charge in [0.1, 0.15) is 6.10 Å². The fourth-order valence-corrected chi connectivity index (χ4v) is 4.25. The first-order valence-corrected chi connectivity index (χ1v) is 8.06. The lowest BCUT2D eigenvalue weighted by molar-refractivity contribution is 0.0642. The fourth-order valence-electron chi connectivity index (χ4n) is 3.95. The van der Waals surface area contributed by atoms with E-state index >= 15 is 0 Å². The van der Waals surface area contributed by atoms with Crippen LogP contribution in [0.1, 0.15) is 33.1 Å². The average Bonchev–Trinajstić information content (AvgIpc) is 2.82. The maximum Gasteiger partial charge on any atom is 0.411 e. The summed E-state index contributed by atoms with van der Waals surface area (Å²) >= 11 is 11.8. The van der Waals surface area contributed by atoms with E-state index in [0.29, 0.717) is 27.6 Å². The first-order valence-electron chi connectivity index (χ1n) is 7.30. The van der Waals surface area contributed by atoms with Gasteiger partial charge in [0.2, 0.25) is 0 Å². The van der Waals surface area contributed by atoms with E-state index in [0.717, 1.165) is 12.8 Å². The number of hydrogen-bond donors (Lipinski definition) is 1. The highest BCUT2D eigenvalue weighted by molar-refractivity contribution is 6.42. The van der Waals surface area contributed by atoms with Gasteiger partial charge in [-0.05, 0) is 48.8 Å². The van der Waals surface area contributed by atoms with Crippen LogP contribution in [0.4, 0.5) is 10.5 Å². The quantitative estimate of drug-likeness (QED) is 0.793. The van der Waals surface area contributed by atoms with Crippen molar-refractivity contribution in [2.75, 3.05) is 5.32 Å². The highest BCUT2D eigenvalue weighted by Crippen LogP contribution is 2.58. The molecule has 0 saturated heterocycles. The lowest BCUT2D eigenvalue weighted by atomic mass is 9.82. The molecule has 2 saturated carbocycles. The predicted octanol–water partition coefficient (Wildman–Crippen LogP) is 5.37. The average molecular weight is 328 g/mol. The molecule has 2 aliphatic carbocycles. The highest BCUT2D eigenvalue weighted by atomic mass is 35.5. The largest absolute Gasteiger partial charge is 0.446 e. The lowest BCUT2D eigenvalue weighted by Crippen LogP contribution is -2.29. The van der Waals surface area contributed by atoms with Gasteiger partial charge in [-0.2, -0.15) is 0 Å². The summed E-state index contributed by atoms with van der Waals surface area (Å²) in [5, 5.41) is 3.60. The SMILES string of the molecule is CC1(C)[C@@H]2CC[C@H]1[C@H](OC(=O)Nc1ccc(Cl)c(Cl)c1)C2. The first-order chi connectivity index (χ1) is 9.88. The lowest BCUT2D eigenvalue weighted by Gasteiger charge is -2.26. The Bertz CT molecular complexity index is 573. The number of anilines is 1. The summed E-state index contributed by atoms with van der Waals surface area (Å²) < 4.78 is 5.63. The van der Waals surface area contributed by atoms with Crippen molar-refractivity contribution < 1.29 is 9.53 Å². The van der Waals surface area contributed by atoms with Crippen molar-refractivity contribution >= 4 is 35.0 Å². The van der Waals surface area contributed by atoms with Crippen molar-refractivity contribution in [3.63, 3.8) is 0 Å². The van der Waals surface area contributed by atoms with E-state index in [-0.39, 0.29) is 11.5 Å². The Labute approximate surface area is 135 Å². The Kier molecular flexibility index (Phi) is 3.83. The molecule has 0 unspecified atom stereocenters. The standard InChI is InChI=1S/C16H19Cl2NO2/c1-16(2)9-3-5-11(16)14(7-9)21-15(20)19-10-4-6-12(17)13(18)8-10/h4,6,8-9,11,14H,3,5,7H2,1-2H3,(H,19,20)/t9-,11+,14-/m1/s1. The van der Waals surface area contributed by atoms with Gasteiger partial charge in [-0.25, -0.2) is 4.79 Å². The number of fused-ring (bicyclic) bond motifs is 2. The molecule has 0 aromatic heterocycles. The van der Waals surface area contributed by atoms with Crippen molar-refractivity contribution in [3.8, 4) is 0 Å². The van der Waals surface area contributed by atoms with Gasteiger partial charge in [0, 0.05) is 11.6 Å². The molecule has 0 heterocycles. The number of carbonyl (C=O) groups is 1. The molecule has 3 rings (SSSR count). The topological polar surface area (TPSA) is 38.3 Å². The number of hydrogen-bond acceptors (Lipinski definition) is 2. The molecule has 1 aromatic rings. The van der Waals surface area contributed by atoms with Gasteiger partial charge in [0.05, 0.1) is 10.0 Å². The van der Waals surface area contributed by atoms with E-state index in [4.69, 9.17) is 27.9 Å². The van der Waals surface area contributed by atoms with E-state index in [9.17, 15) is 4.79 Å². The molecule has 0 spiro atoms. The predicted molar refractivity (Wildman–Crippen MR) is 85.0 cm³/mol. The van der Waals surface area contributed by atoms with Crippen LogP contribution < -0.4 is 5.32 Å². The first kappa shape index (κ1) is 15.0. The summed E-state index contributed by atoms with van der Waals surface area (Å²) in [7, 11) is 0. The third-order valence-corrected chi connectivity index (χ3v) is 5.96. The van der Waals surface area contributed by atoms with Gasteiger partial charge in [-0.15, -0.1) is 0 Å². The second-order valence-electron chi connectivity index (χ2n) is 6.64. The van der Waals surface area contributed by atoms with Crippen LogP contribution in [0, 0.1) is 17.3 Å². The molecule has 2 bridgehead atoms. The Morgan fingerprint density at radius 2 is 2.05 bits per heavy atom. The number of nitrogens with one attached hydrogen (secondary N) is 1. The Balaban J connectivity index is 1.61. The molecular formula is C16H19Cl2NO2. The molecule has 1 aromatic carbocycles. The Morgan fingerprint density at radius 3 is 2.62 bits per heavy atom. The van der Waals surface area contributed by atoms with Crippen LogP contribution in [-0.4, -0.2) is 12.2 Å². The monoisotopic (exact) mass is 327 g/mol. The number of halogens is 2. The molecule has 3 atom stereocenters. The molecule has 21 heavy (non-hydrogen) atoms. The van der Waals surface area contributed by atoms with Crippen LogP contribution >= 0.6 is 23.2 Å². The number of amides is 1. The normalized spacial score (nSPS) is 29.4. The molecule has 5 heteroatoms. The minimum absolute atomic E-state index is 0.0292. The number of carbonyl (C=O) groups excluding carboxylic acids is 1. The molecule has 2 fully saturated rings. The molecule has 3 nitrogen and oxygen atoms in total. The van der Waals surface area contributed by atoms with Crippen LogP contribution in [-0.2, 0) is 4.74 Å². The molecule has 0 radical (unpaired) electrons. The summed E-state index contributed by atoms with van der Waals surface area (Å²) in [5.41, 5.74) is 0.881. The molecule has 114 valence electrons.